The van der Waals surface area contributed by atoms with Gasteiger partial charge in [0, 0.05) is 30.9 Å². The van der Waals surface area contributed by atoms with Crippen LogP contribution in [0, 0.1) is 5.92 Å². The van der Waals surface area contributed by atoms with Crippen molar-refractivity contribution >= 4 is 16.9 Å². The fourth-order valence-corrected chi connectivity index (χ4v) is 3.93. The molecule has 5 rings (SSSR count). The van der Waals surface area contributed by atoms with Gasteiger partial charge in [0.05, 0.1) is 17.8 Å². The Labute approximate surface area is 158 Å². The van der Waals surface area contributed by atoms with Crippen molar-refractivity contribution in [2.24, 2.45) is 5.92 Å². The molecule has 0 bridgehead atoms. The van der Waals surface area contributed by atoms with E-state index in [1.807, 2.05) is 12.1 Å². The number of piperidine rings is 1. The summed E-state index contributed by atoms with van der Waals surface area (Å²) in [5.74, 6) is 2.42. The van der Waals surface area contributed by atoms with Crippen LogP contribution in [0.15, 0.2) is 36.7 Å². The molecular formula is C21H23N5O. The summed E-state index contributed by atoms with van der Waals surface area (Å²) >= 11 is 0. The van der Waals surface area contributed by atoms with E-state index in [9.17, 15) is 0 Å². The van der Waals surface area contributed by atoms with Crippen molar-refractivity contribution in [2.75, 3.05) is 31.6 Å². The summed E-state index contributed by atoms with van der Waals surface area (Å²) in [6.07, 6.45) is 6.89. The summed E-state index contributed by atoms with van der Waals surface area (Å²) in [5.41, 5.74) is 4.95. The third-order valence-electron chi connectivity index (χ3n) is 5.40. The van der Waals surface area contributed by atoms with E-state index in [1.54, 1.807) is 12.4 Å². The van der Waals surface area contributed by atoms with Gasteiger partial charge in [-0.25, -0.2) is 9.97 Å². The molecule has 2 N–H and O–H groups in total. The fraction of sp³-hybridized carbons (Fsp3) is 0.381. The Kier molecular flexibility index (Phi) is 4.33. The number of nitrogens with one attached hydrogen (secondary N) is 2. The number of rotatable bonds is 4. The van der Waals surface area contributed by atoms with Gasteiger partial charge in [-0.05, 0) is 61.7 Å². The molecule has 6 heteroatoms. The van der Waals surface area contributed by atoms with Gasteiger partial charge in [-0.2, -0.15) is 0 Å². The zero-order valence-corrected chi connectivity index (χ0v) is 15.2. The average Bonchev–Trinajstić information content (AvgIpc) is 3.20. The van der Waals surface area contributed by atoms with Crippen molar-refractivity contribution in [1.29, 1.82) is 0 Å². The number of nitrogens with zero attached hydrogens (tertiary/aromatic N) is 3. The summed E-state index contributed by atoms with van der Waals surface area (Å²) in [5, 5.41) is 7.01. The van der Waals surface area contributed by atoms with E-state index in [0.717, 1.165) is 66.5 Å². The molecule has 1 aromatic carbocycles. The van der Waals surface area contributed by atoms with Gasteiger partial charge in [-0.1, -0.05) is 0 Å². The first-order chi connectivity index (χ1) is 13.4. The van der Waals surface area contributed by atoms with Crippen LogP contribution in [0.4, 0.5) is 5.82 Å². The molecule has 1 unspecified atom stereocenters. The predicted octanol–water partition coefficient (Wildman–Crippen LogP) is 3.04. The average molecular weight is 361 g/mol. The molecule has 0 spiro atoms. The van der Waals surface area contributed by atoms with Crippen LogP contribution in [0.2, 0.25) is 0 Å². The molecule has 1 fully saturated rings. The first-order valence-corrected chi connectivity index (χ1v) is 9.69. The summed E-state index contributed by atoms with van der Waals surface area (Å²) in [7, 11) is 0. The second-order valence-corrected chi connectivity index (χ2v) is 7.29. The zero-order chi connectivity index (χ0) is 18.1. The molecule has 138 valence electrons. The normalized spacial score (nSPS) is 18.9. The smallest absolute Gasteiger partial charge is 0.154 e. The second-order valence-electron chi connectivity index (χ2n) is 7.29. The molecule has 27 heavy (non-hydrogen) atoms. The number of pyridine rings is 1. The maximum Gasteiger partial charge on any atom is 0.154 e. The second kappa shape index (κ2) is 7.12. The Morgan fingerprint density at radius 3 is 3.07 bits per heavy atom. The number of benzene rings is 1. The van der Waals surface area contributed by atoms with Crippen molar-refractivity contribution in [3.8, 4) is 17.0 Å². The number of hydrogen-bond acceptors (Lipinski definition) is 6. The van der Waals surface area contributed by atoms with Crippen LogP contribution < -0.4 is 15.4 Å². The quantitative estimate of drug-likeness (QED) is 0.744. The monoisotopic (exact) mass is 361 g/mol. The van der Waals surface area contributed by atoms with Crippen LogP contribution in [0.3, 0.4) is 0 Å². The van der Waals surface area contributed by atoms with E-state index < -0.39 is 0 Å². The Balaban J connectivity index is 1.49. The molecule has 0 amide bonds. The van der Waals surface area contributed by atoms with Crippen molar-refractivity contribution in [3.05, 3.63) is 42.2 Å². The number of aromatic nitrogens is 3. The van der Waals surface area contributed by atoms with E-state index in [-0.39, 0.29) is 0 Å². The van der Waals surface area contributed by atoms with Gasteiger partial charge >= 0.3 is 0 Å². The van der Waals surface area contributed by atoms with Gasteiger partial charge < -0.3 is 15.4 Å². The predicted molar refractivity (Wildman–Crippen MR) is 106 cm³/mol. The minimum absolute atomic E-state index is 0.619. The maximum absolute atomic E-state index is 5.63. The molecule has 0 aliphatic carbocycles. The molecule has 2 aliphatic rings. The lowest BCUT2D eigenvalue weighted by molar-refractivity contribution is 0.357. The SMILES string of the molecule is c1cnc2c(NCC3CCCNC3)nc(-c3ccc4c(c3)CCO4)cc2n1. The van der Waals surface area contributed by atoms with Gasteiger partial charge in [0.15, 0.2) is 5.82 Å². The lowest BCUT2D eigenvalue weighted by Crippen LogP contribution is -2.33. The third kappa shape index (κ3) is 3.32. The van der Waals surface area contributed by atoms with Crippen LogP contribution in [0.5, 0.6) is 5.75 Å². The zero-order valence-electron chi connectivity index (χ0n) is 15.2. The van der Waals surface area contributed by atoms with Gasteiger partial charge in [0.1, 0.15) is 11.3 Å². The van der Waals surface area contributed by atoms with E-state index in [0.29, 0.717) is 5.92 Å². The number of anilines is 1. The highest BCUT2D eigenvalue weighted by atomic mass is 16.5. The summed E-state index contributed by atoms with van der Waals surface area (Å²) in [6.45, 7) is 3.84. The van der Waals surface area contributed by atoms with E-state index in [1.165, 1.54) is 18.4 Å². The molecule has 2 aromatic heterocycles. The first-order valence-electron chi connectivity index (χ1n) is 9.69. The topological polar surface area (TPSA) is 72.0 Å². The largest absolute Gasteiger partial charge is 0.493 e. The highest BCUT2D eigenvalue weighted by molar-refractivity contribution is 5.88. The molecule has 0 saturated carbocycles. The van der Waals surface area contributed by atoms with E-state index >= 15 is 0 Å². The summed E-state index contributed by atoms with van der Waals surface area (Å²) in [6, 6.07) is 8.32. The van der Waals surface area contributed by atoms with E-state index in [2.05, 4.69) is 32.7 Å². The van der Waals surface area contributed by atoms with Gasteiger partial charge in [0.2, 0.25) is 0 Å². The maximum atomic E-state index is 5.63. The first kappa shape index (κ1) is 16.4. The number of ether oxygens (including phenoxy) is 1. The molecule has 1 saturated heterocycles. The number of fused-ring (bicyclic) bond motifs is 2. The Hall–Kier alpha value is -2.73. The Morgan fingerprint density at radius 1 is 1.19 bits per heavy atom. The summed E-state index contributed by atoms with van der Waals surface area (Å²) in [4.78, 5) is 13.9. The lowest BCUT2D eigenvalue weighted by Gasteiger charge is -2.23. The summed E-state index contributed by atoms with van der Waals surface area (Å²) < 4.78 is 5.63. The highest BCUT2D eigenvalue weighted by Gasteiger charge is 2.17. The minimum atomic E-state index is 0.619. The molecule has 0 radical (unpaired) electrons. The standard InChI is InChI=1S/C21H23N5O/c1-2-14(12-22-6-1)13-25-21-20-18(23-7-8-24-20)11-17(26-21)15-3-4-19-16(10-15)5-9-27-19/h3-4,7-8,10-11,14,22H,1-2,5-6,9,12-13H2,(H,25,26). The Morgan fingerprint density at radius 2 is 2.15 bits per heavy atom. The molecule has 4 heterocycles. The van der Waals surface area contributed by atoms with Crippen LogP contribution in [-0.2, 0) is 6.42 Å². The lowest BCUT2D eigenvalue weighted by atomic mass is 10.00. The van der Waals surface area contributed by atoms with Crippen molar-refractivity contribution < 1.29 is 4.74 Å². The number of hydrogen-bond donors (Lipinski definition) is 2. The van der Waals surface area contributed by atoms with Crippen molar-refractivity contribution in [1.82, 2.24) is 20.3 Å². The minimum Gasteiger partial charge on any atom is -0.493 e. The van der Waals surface area contributed by atoms with Crippen LogP contribution >= 0.6 is 0 Å². The van der Waals surface area contributed by atoms with Crippen molar-refractivity contribution in [3.63, 3.8) is 0 Å². The van der Waals surface area contributed by atoms with Gasteiger partial charge in [-0.15, -0.1) is 0 Å². The molecule has 6 nitrogen and oxygen atoms in total. The highest BCUT2D eigenvalue weighted by Crippen LogP contribution is 2.32. The van der Waals surface area contributed by atoms with Crippen LogP contribution in [-0.4, -0.2) is 41.2 Å². The van der Waals surface area contributed by atoms with Gasteiger partial charge in [-0.3, -0.25) is 4.98 Å². The third-order valence-corrected chi connectivity index (χ3v) is 5.40. The molecule has 3 aromatic rings. The Bertz CT molecular complexity index is 968. The van der Waals surface area contributed by atoms with Crippen LogP contribution in [0.25, 0.3) is 22.3 Å². The van der Waals surface area contributed by atoms with Crippen LogP contribution in [0.1, 0.15) is 18.4 Å². The van der Waals surface area contributed by atoms with E-state index in [4.69, 9.17) is 9.72 Å². The molecular weight excluding hydrogens is 338 g/mol. The van der Waals surface area contributed by atoms with Crippen molar-refractivity contribution in [2.45, 2.75) is 19.3 Å². The fourth-order valence-electron chi connectivity index (χ4n) is 3.93. The molecule has 2 aliphatic heterocycles. The van der Waals surface area contributed by atoms with Gasteiger partial charge in [0.25, 0.3) is 0 Å². The molecule has 1 atom stereocenters.